The van der Waals surface area contributed by atoms with Gasteiger partial charge in [0.15, 0.2) is 0 Å². The number of hydrogen-bond acceptors (Lipinski definition) is 4. The van der Waals surface area contributed by atoms with Crippen LogP contribution in [0.25, 0.3) is 5.69 Å². The fourth-order valence-corrected chi connectivity index (χ4v) is 3.58. The predicted molar refractivity (Wildman–Crippen MR) is 113 cm³/mol. The van der Waals surface area contributed by atoms with E-state index in [1.165, 1.54) is 17.7 Å². The van der Waals surface area contributed by atoms with E-state index in [0.717, 1.165) is 22.6 Å². The molecule has 3 N–H and O–H groups in total. The van der Waals surface area contributed by atoms with Gasteiger partial charge in [-0.3, -0.25) is 4.79 Å². The lowest BCUT2D eigenvalue weighted by Gasteiger charge is -2.08. The highest BCUT2D eigenvalue weighted by atomic mass is 32.2. The molecular formula is C21H24N4O3S. The number of carbonyl (C=O) groups is 1. The van der Waals surface area contributed by atoms with Crippen LogP contribution in [0.2, 0.25) is 0 Å². The molecule has 29 heavy (non-hydrogen) atoms. The van der Waals surface area contributed by atoms with Crippen LogP contribution < -0.4 is 10.5 Å². The second-order valence-electron chi connectivity index (χ2n) is 7.03. The van der Waals surface area contributed by atoms with Crippen molar-refractivity contribution in [2.75, 3.05) is 5.32 Å². The van der Waals surface area contributed by atoms with Crippen LogP contribution in [-0.2, 0) is 21.2 Å². The highest BCUT2D eigenvalue weighted by Crippen LogP contribution is 2.23. The van der Waals surface area contributed by atoms with Gasteiger partial charge < -0.3 is 5.32 Å². The molecule has 0 saturated heterocycles. The van der Waals surface area contributed by atoms with Gasteiger partial charge in [0.25, 0.3) is 0 Å². The van der Waals surface area contributed by atoms with Crippen LogP contribution in [-0.4, -0.2) is 24.1 Å². The van der Waals surface area contributed by atoms with Crippen LogP contribution >= 0.6 is 0 Å². The number of hydrogen-bond donors (Lipinski definition) is 2. The molecule has 1 heterocycles. The molecule has 0 aliphatic heterocycles. The van der Waals surface area contributed by atoms with Gasteiger partial charge >= 0.3 is 0 Å². The fourth-order valence-electron chi connectivity index (χ4n) is 3.07. The van der Waals surface area contributed by atoms with Gasteiger partial charge in [-0.05, 0) is 57.0 Å². The van der Waals surface area contributed by atoms with E-state index in [-0.39, 0.29) is 17.2 Å². The van der Waals surface area contributed by atoms with Crippen LogP contribution in [0, 0.1) is 20.8 Å². The van der Waals surface area contributed by atoms with Gasteiger partial charge in [0, 0.05) is 6.42 Å². The summed E-state index contributed by atoms with van der Waals surface area (Å²) in [5.41, 5.74) is 5.27. The molecule has 0 aliphatic carbocycles. The molecule has 0 unspecified atom stereocenters. The van der Waals surface area contributed by atoms with E-state index in [9.17, 15) is 13.2 Å². The average molecular weight is 413 g/mol. The average Bonchev–Trinajstić information content (AvgIpc) is 2.95. The van der Waals surface area contributed by atoms with Crippen molar-refractivity contribution in [1.82, 2.24) is 9.78 Å². The Morgan fingerprint density at radius 3 is 2.24 bits per heavy atom. The van der Waals surface area contributed by atoms with Crippen LogP contribution in [0.5, 0.6) is 0 Å². The van der Waals surface area contributed by atoms with E-state index in [2.05, 4.69) is 10.4 Å². The van der Waals surface area contributed by atoms with Gasteiger partial charge in [-0.25, -0.2) is 18.2 Å². The molecule has 0 spiro atoms. The fraction of sp³-hybridized carbons (Fsp3) is 0.238. The Kier molecular flexibility index (Phi) is 5.86. The minimum Gasteiger partial charge on any atom is -0.323 e. The Hall–Kier alpha value is -2.97. The first kappa shape index (κ1) is 20.8. The van der Waals surface area contributed by atoms with Gasteiger partial charge in [0.2, 0.25) is 15.9 Å². The van der Waals surface area contributed by atoms with E-state index in [1.54, 1.807) is 12.1 Å². The summed E-state index contributed by atoms with van der Waals surface area (Å²) in [6, 6.07) is 14.2. The number of rotatable bonds is 6. The number of nitrogens with two attached hydrogens (primary N) is 1. The SMILES string of the molecule is Cc1ccc(-n2nc(C)c(NC(=O)CCc3ccc(S(N)(=O)=O)cc3)c2C)cc1. The van der Waals surface area contributed by atoms with Crippen molar-refractivity contribution >= 4 is 21.6 Å². The topological polar surface area (TPSA) is 107 Å². The maximum atomic E-state index is 12.4. The number of primary sulfonamides is 1. The third kappa shape index (κ3) is 4.90. The number of anilines is 1. The number of nitrogens with zero attached hydrogens (tertiary/aromatic N) is 2. The highest BCUT2D eigenvalue weighted by molar-refractivity contribution is 7.89. The summed E-state index contributed by atoms with van der Waals surface area (Å²) in [5.74, 6) is -0.129. The number of aromatic nitrogens is 2. The molecule has 0 bridgehead atoms. The zero-order chi connectivity index (χ0) is 21.2. The number of aryl methyl sites for hydroxylation is 3. The molecular weight excluding hydrogens is 388 g/mol. The highest BCUT2D eigenvalue weighted by Gasteiger charge is 2.15. The summed E-state index contributed by atoms with van der Waals surface area (Å²) in [4.78, 5) is 12.5. The van der Waals surface area contributed by atoms with Crippen LogP contribution in [0.15, 0.2) is 53.4 Å². The Labute approximate surface area is 170 Å². The van der Waals surface area contributed by atoms with Crippen molar-refractivity contribution in [1.29, 1.82) is 0 Å². The molecule has 0 saturated carbocycles. The third-order valence-corrected chi connectivity index (χ3v) is 5.66. The van der Waals surface area contributed by atoms with Crippen molar-refractivity contribution < 1.29 is 13.2 Å². The number of benzene rings is 2. The lowest BCUT2D eigenvalue weighted by Crippen LogP contribution is -2.14. The zero-order valence-electron chi connectivity index (χ0n) is 16.6. The summed E-state index contributed by atoms with van der Waals surface area (Å²) in [6.07, 6.45) is 0.754. The minimum atomic E-state index is -3.71. The quantitative estimate of drug-likeness (QED) is 0.649. The van der Waals surface area contributed by atoms with E-state index in [1.807, 2.05) is 49.7 Å². The monoisotopic (exact) mass is 412 g/mol. The molecule has 0 atom stereocenters. The van der Waals surface area contributed by atoms with Gasteiger partial charge in [-0.1, -0.05) is 29.8 Å². The first-order valence-electron chi connectivity index (χ1n) is 9.20. The molecule has 2 aromatic carbocycles. The number of amides is 1. The molecule has 152 valence electrons. The second-order valence-corrected chi connectivity index (χ2v) is 8.59. The Bertz CT molecular complexity index is 1130. The lowest BCUT2D eigenvalue weighted by molar-refractivity contribution is -0.116. The molecule has 3 aromatic rings. The van der Waals surface area contributed by atoms with Crippen molar-refractivity contribution in [3.05, 3.63) is 71.0 Å². The molecule has 0 fully saturated rings. The summed E-state index contributed by atoms with van der Waals surface area (Å²) < 4.78 is 24.4. The van der Waals surface area contributed by atoms with Crippen molar-refractivity contribution in [2.45, 2.75) is 38.5 Å². The molecule has 0 aliphatic rings. The number of sulfonamides is 1. The third-order valence-electron chi connectivity index (χ3n) is 4.73. The van der Waals surface area contributed by atoms with Crippen molar-refractivity contribution in [3.63, 3.8) is 0 Å². The second kappa shape index (κ2) is 8.18. The minimum absolute atomic E-state index is 0.0560. The maximum absolute atomic E-state index is 12.4. The van der Waals surface area contributed by atoms with Crippen LogP contribution in [0.1, 0.15) is 28.9 Å². The van der Waals surface area contributed by atoms with E-state index in [4.69, 9.17) is 5.14 Å². The Morgan fingerprint density at radius 1 is 1.03 bits per heavy atom. The summed E-state index contributed by atoms with van der Waals surface area (Å²) in [5, 5.41) is 12.6. The van der Waals surface area contributed by atoms with E-state index in [0.29, 0.717) is 12.1 Å². The number of nitrogens with one attached hydrogen (secondary N) is 1. The van der Waals surface area contributed by atoms with Gasteiger partial charge in [0.1, 0.15) is 0 Å². The summed E-state index contributed by atoms with van der Waals surface area (Å²) >= 11 is 0. The molecule has 1 amide bonds. The number of carbonyl (C=O) groups excluding carboxylic acids is 1. The smallest absolute Gasteiger partial charge is 0.238 e. The largest absolute Gasteiger partial charge is 0.323 e. The normalized spacial score (nSPS) is 11.4. The summed E-state index contributed by atoms with van der Waals surface area (Å²) in [6.45, 7) is 5.81. The molecule has 1 aromatic heterocycles. The Morgan fingerprint density at radius 2 is 1.66 bits per heavy atom. The zero-order valence-corrected chi connectivity index (χ0v) is 17.5. The molecule has 3 rings (SSSR count). The summed E-state index contributed by atoms with van der Waals surface area (Å²) in [7, 11) is -3.71. The van der Waals surface area contributed by atoms with Crippen LogP contribution in [0.4, 0.5) is 5.69 Å². The van der Waals surface area contributed by atoms with E-state index >= 15 is 0 Å². The molecule has 7 nitrogen and oxygen atoms in total. The molecule has 8 heteroatoms. The van der Waals surface area contributed by atoms with Gasteiger partial charge in [-0.15, -0.1) is 0 Å². The lowest BCUT2D eigenvalue weighted by atomic mass is 10.1. The predicted octanol–water partition coefficient (Wildman–Crippen LogP) is 3.02. The standard InChI is InChI=1S/C21H24N4O3S/c1-14-4-9-18(10-5-14)25-16(3)21(15(2)24-25)23-20(26)13-8-17-6-11-19(12-7-17)29(22,27)28/h4-7,9-12H,8,13H2,1-3H3,(H,23,26)(H2,22,27,28). The first-order valence-corrected chi connectivity index (χ1v) is 10.7. The van der Waals surface area contributed by atoms with Crippen LogP contribution in [0.3, 0.4) is 0 Å². The Balaban J connectivity index is 1.67. The van der Waals surface area contributed by atoms with Crippen molar-refractivity contribution in [3.8, 4) is 5.69 Å². The van der Waals surface area contributed by atoms with E-state index < -0.39 is 10.0 Å². The maximum Gasteiger partial charge on any atom is 0.238 e. The van der Waals surface area contributed by atoms with Gasteiger partial charge in [0.05, 0.1) is 27.7 Å². The van der Waals surface area contributed by atoms with Crippen molar-refractivity contribution in [2.24, 2.45) is 5.14 Å². The first-order chi connectivity index (χ1) is 13.6. The van der Waals surface area contributed by atoms with Gasteiger partial charge in [-0.2, -0.15) is 5.10 Å². The molecule has 0 radical (unpaired) electrons.